The minimum absolute atomic E-state index is 0.0342. The SMILES string of the molecule is Cn1cnc2cc(N3CCN(C(=O)C4CCNC(=O)C4)CC3)ccc2c1=O. The van der Waals surface area contributed by atoms with Crippen LogP contribution in [0.1, 0.15) is 12.8 Å². The van der Waals surface area contributed by atoms with Crippen molar-refractivity contribution in [1.29, 1.82) is 0 Å². The fourth-order valence-corrected chi connectivity index (χ4v) is 3.83. The molecule has 1 N–H and O–H groups in total. The van der Waals surface area contributed by atoms with Crippen LogP contribution < -0.4 is 15.8 Å². The largest absolute Gasteiger partial charge is 0.368 e. The lowest BCUT2D eigenvalue weighted by atomic mass is 9.95. The quantitative estimate of drug-likeness (QED) is 0.812. The van der Waals surface area contributed by atoms with Crippen molar-refractivity contribution in [1.82, 2.24) is 19.8 Å². The Kier molecular flexibility index (Phi) is 4.55. The van der Waals surface area contributed by atoms with E-state index in [0.717, 1.165) is 25.2 Å². The van der Waals surface area contributed by atoms with E-state index in [-0.39, 0.29) is 23.3 Å². The van der Waals surface area contributed by atoms with Gasteiger partial charge in [-0.1, -0.05) is 0 Å². The molecule has 0 spiro atoms. The minimum atomic E-state index is -0.189. The van der Waals surface area contributed by atoms with Crippen molar-refractivity contribution in [3.05, 3.63) is 34.9 Å². The molecule has 1 aromatic heterocycles. The molecule has 2 aliphatic heterocycles. The van der Waals surface area contributed by atoms with E-state index < -0.39 is 0 Å². The number of rotatable bonds is 2. The number of anilines is 1. The molecule has 2 aromatic rings. The lowest BCUT2D eigenvalue weighted by Crippen LogP contribution is -2.52. The van der Waals surface area contributed by atoms with Crippen molar-refractivity contribution >= 4 is 28.4 Å². The molecule has 1 atom stereocenters. The van der Waals surface area contributed by atoms with Gasteiger partial charge < -0.3 is 19.7 Å². The van der Waals surface area contributed by atoms with Gasteiger partial charge in [0, 0.05) is 57.8 Å². The number of hydrogen-bond acceptors (Lipinski definition) is 5. The Morgan fingerprint density at radius 3 is 2.70 bits per heavy atom. The van der Waals surface area contributed by atoms with Gasteiger partial charge in [-0.25, -0.2) is 4.98 Å². The van der Waals surface area contributed by atoms with Crippen LogP contribution in [0.3, 0.4) is 0 Å². The smallest absolute Gasteiger partial charge is 0.260 e. The zero-order chi connectivity index (χ0) is 19.0. The van der Waals surface area contributed by atoms with E-state index in [9.17, 15) is 14.4 Å². The predicted molar refractivity (Wildman–Crippen MR) is 102 cm³/mol. The monoisotopic (exact) mass is 369 g/mol. The maximum atomic E-state index is 12.7. The van der Waals surface area contributed by atoms with Gasteiger partial charge in [0.2, 0.25) is 11.8 Å². The van der Waals surface area contributed by atoms with Gasteiger partial charge in [0.25, 0.3) is 5.56 Å². The normalized spacial score (nSPS) is 20.6. The lowest BCUT2D eigenvalue weighted by molar-refractivity contribution is -0.140. The Labute approximate surface area is 156 Å². The first-order valence-corrected chi connectivity index (χ1v) is 9.29. The molecule has 2 fully saturated rings. The van der Waals surface area contributed by atoms with Gasteiger partial charge in [-0.05, 0) is 24.6 Å². The fraction of sp³-hybridized carbons (Fsp3) is 0.474. The average molecular weight is 369 g/mol. The first kappa shape index (κ1) is 17.5. The molecular formula is C19H23N5O3. The van der Waals surface area contributed by atoms with E-state index in [1.54, 1.807) is 7.05 Å². The van der Waals surface area contributed by atoms with Crippen molar-refractivity contribution in [3.63, 3.8) is 0 Å². The number of piperazine rings is 1. The van der Waals surface area contributed by atoms with Crippen LogP contribution in [-0.4, -0.2) is 59.0 Å². The summed E-state index contributed by atoms with van der Waals surface area (Å²) in [6.45, 7) is 3.30. The van der Waals surface area contributed by atoms with Gasteiger partial charge in [0.1, 0.15) is 0 Å². The van der Waals surface area contributed by atoms with Gasteiger partial charge in [0.15, 0.2) is 0 Å². The number of aromatic nitrogens is 2. The van der Waals surface area contributed by atoms with Crippen LogP contribution in [0.4, 0.5) is 5.69 Å². The summed E-state index contributed by atoms with van der Waals surface area (Å²) in [5, 5.41) is 3.38. The number of benzene rings is 1. The second kappa shape index (κ2) is 7.02. The van der Waals surface area contributed by atoms with Crippen LogP contribution in [0.25, 0.3) is 10.9 Å². The van der Waals surface area contributed by atoms with Crippen molar-refractivity contribution in [2.75, 3.05) is 37.6 Å². The third-order valence-electron chi connectivity index (χ3n) is 5.45. The van der Waals surface area contributed by atoms with E-state index >= 15 is 0 Å². The maximum absolute atomic E-state index is 12.7. The second-order valence-corrected chi connectivity index (χ2v) is 7.21. The molecule has 2 aliphatic rings. The molecule has 1 unspecified atom stereocenters. The summed E-state index contributed by atoms with van der Waals surface area (Å²) in [5.74, 6) is -0.132. The third-order valence-corrected chi connectivity index (χ3v) is 5.45. The van der Waals surface area contributed by atoms with Crippen LogP contribution in [-0.2, 0) is 16.6 Å². The molecule has 0 saturated carbocycles. The van der Waals surface area contributed by atoms with Crippen LogP contribution in [0.15, 0.2) is 29.3 Å². The Balaban J connectivity index is 1.44. The predicted octanol–water partition coefficient (Wildman–Crippen LogP) is 0.108. The second-order valence-electron chi connectivity index (χ2n) is 7.21. The number of amides is 2. The molecule has 0 bridgehead atoms. The Hall–Kier alpha value is -2.90. The zero-order valence-electron chi connectivity index (χ0n) is 15.4. The molecule has 2 amide bonds. The van der Waals surface area contributed by atoms with Crippen molar-refractivity contribution < 1.29 is 9.59 Å². The first-order chi connectivity index (χ1) is 13.0. The highest BCUT2D eigenvalue weighted by Crippen LogP contribution is 2.22. The van der Waals surface area contributed by atoms with Gasteiger partial charge in [-0.15, -0.1) is 0 Å². The average Bonchev–Trinajstić information content (AvgIpc) is 2.70. The number of aryl methyl sites for hydroxylation is 1. The molecule has 4 rings (SSSR count). The van der Waals surface area contributed by atoms with E-state index in [0.29, 0.717) is 37.0 Å². The number of piperidine rings is 1. The standard InChI is InChI=1S/C19H23N5O3/c1-22-12-21-16-11-14(2-3-15(16)19(22)27)23-6-8-24(9-7-23)18(26)13-4-5-20-17(25)10-13/h2-3,11-13H,4-10H2,1H3,(H,20,25). The maximum Gasteiger partial charge on any atom is 0.260 e. The van der Waals surface area contributed by atoms with Gasteiger partial charge >= 0.3 is 0 Å². The van der Waals surface area contributed by atoms with Crippen LogP contribution in [0.5, 0.6) is 0 Å². The summed E-state index contributed by atoms with van der Waals surface area (Å²) in [6.07, 6.45) is 2.55. The molecule has 142 valence electrons. The summed E-state index contributed by atoms with van der Waals surface area (Å²) in [5.41, 5.74) is 1.63. The number of fused-ring (bicyclic) bond motifs is 1. The topological polar surface area (TPSA) is 87.5 Å². The molecule has 0 radical (unpaired) electrons. The molecule has 27 heavy (non-hydrogen) atoms. The molecular weight excluding hydrogens is 346 g/mol. The van der Waals surface area contributed by atoms with Crippen molar-refractivity contribution in [2.24, 2.45) is 13.0 Å². The number of carbonyl (C=O) groups excluding carboxylic acids is 2. The summed E-state index contributed by atoms with van der Waals surface area (Å²) in [7, 11) is 1.69. The van der Waals surface area contributed by atoms with E-state index in [1.807, 2.05) is 23.1 Å². The number of nitrogens with zero attached hydrogens (tertiary/aromatic N) is 4. The fourth-order valence-electron chi connectivity index (χ4n) is 3.83. The highest BCUT2D eigenvalue weighted by atomic mass is 16.2. The highest BCUT2D eigenvalue weighted by Gasteiger charge is 2.31. The Morgan fingerprint density at radius 1 is 1.19 bits per heavy atom. The molecule has 0 aliphatic carbocycles. The Morgan fingerprint density at radius 2 is 1.96 bits per heavy atom. The summed E-state index contributed by atoms with van der Waals surface area (Å²) < 4.78 is 1.47. The van der Waals surface area contributed by atoms with Crippen molar-refractivity contribution in [3.8, 4) is 0 Å². The lowest BCUT2D eigenvalue weighted by Gasteiger charge is -2.38. The molecule has 8 heteroatoms. The molecule has 3 heterocycles. The van der Waals surface area contributed by atoms with Crippen molar-refractivity contribution in [2.45, 2.75) is 12.8 Å². The Bertz CT molecular complexity index is 946. The number of hydrogen-bond donors (Lipinski definition) is 1. The molecule has 8 nitrogen and oxygen atoms in total. The van der Waals surface area contributed by atoms with E-state index in [1.165, 1.54) is 10.9 Å². The zero-order valence-corrected chi connectivity index (χ0v) is 15.4. The molecule has 1 aromatic carbocycles. The summed E-state index contributed by atoms with van der Waals surface area (Å²) in [4.78, 5) is 44.8. The number of carbonyl (C=O) groups is 2. The van der Waals surface area contributed by atoms with Gasteiger partial charge in [-0.3, -0.25) is 14.4 Å². The first-order valence-electron chi connectivity index (χ1n) is 9.29. The third kappa shape index (κ3) is 3.39. The van der Waals surface area contributed by atoms with Crippen LogP contribution >= 0.6 is 0 Å². The summed E-state index contributed by atoms with van der Waals surface area (Å²) >= 11 is 0. The van der Waals surface area contributed by atoms with E-state index in [2.05, 4.69) is 15.2 Å². The van der Waals surface area contributed by atoms with Gasteiger partial charge in [0.05, 0.1) is 17.2 Å². The highest BCUT2D eigenvalue weighted by molar-refractivity contribution is 5.87. The van der Waals surface area contributed by atoms with E-state index in [4.69, 9.17) is 0 Å². The number of nitrogens with one attached hydrogen (secondary N) is 1. The van der Waals surface area contributed by atoms with Gasteiger partial charge in [-0.2, -0.15) is 0 Å². The van der Waals surface area contributed by atoms with Crippen LogP contribution in [0.2, 0.25) is 0 Å². The van der Waals surface area contributed by atoms with Crippen LogP contribution in [0, 0.1) is 5.92 Å². The minimum Gasteiger partial charge on any atom is -0.368 e. The summed E-state index contributed by atoms with van der Waals surface area (Å²) in [6, 6.07) is 5.69. The molecule has 2 saturated heterocycles.